The summed E-state index contributed by atoms with van der Waals surface area (Å²) < 4.78 is 5.44. The minimum absolute atomic E-state index is 0.0719. The molecule has 0 saturated carbocycles. The maximum absolute atomic E-state index is 12.4. The molecule has 1 aliphatic rings. The highest BCUT2D eigenvalue weighted by Gasteiger charge is 2.44. The molecule has 6 heteroatoms. The van der Waals surface area contributed by atoms with E-state index in [0.29, 0.717) is 6.54 Å². The second-order valence-electron chi connectivity index (χ2n) is 8.85. The smallest absolute Gasteiger partial charge is 0.410 e. The van der Waals surface area contributed by atoms with Crippen LogP contribution in [-0.2, 0) is 9.53 Å². The van der Waals surface area contributed by atoms with Crippen LogP contribution < -0.4 is 0 Å². The third kappa shape index (κ3) is 5.31. The highest BCUT2D eigenvalue weighted by atomic mass is 28.4. The molecule has 0 spiro atoms. The third-order valence-electron chi connectivity index (χ3n) is 5.01. The van der Waals surface area contributed by atoms with Crippen molar-refractivity contribution in [3.05, 3.63) is 0 Å². The van der Waals surface area contributed by atoms with Crippen LogP contribution in [0.3, 0.4) is 0 Å². The summed E-state index contributed by atoms with van der Waals surface area (Å²) in [4.78, 5) is 36.2. The zero-order valence-electron chi connectivity index (χ0n) is 15.7. The van der Waals surface area contributed by atoms with Crippen molar-refractivity contribution in [1.29, 1.82) is 0 Å². The molecule has 0 aromatic heterocycles. The van der Waals surface area contributed by atoms with Gasteiger partial charge in [0, 0.05) is 6.54 Å². The topological polar surface area (TPSA) is 66.8 Å². The molecule has 0 aromatic rings. The van der Waals surface area contributed by atoms with Gasteiger partial charge in [-0.15, -0.1) is 0 Å². The largest absolute Gasteiger partial charge is 0.444 e. The van der Waals surface area contributed by atoms with Gasteiger partial charge in [0.25, 0.3) is 0 Å². The van der Waals surface area contributed by atoms with Crippen molar-refractivity contribution in [2.24, 2.45) is 5.92 Å². The Labute approximate surface area is 141 Å². The molecule has 2 atom stereocenters. The first-order valence-electron chi connectivity index (χ1n) is 8.46. The number of likely N-dealkylation sites (tertiary alicyclic amines) is 1. The number of carbonyl (C=O) groups excluding carboxylic acids is 2. The van der Waals surface area contributed by atoms with Crippen LogP contribution in [0, 0.1) is 5.92 Å². The van der Waals surface area contributed by atoms with Crippen LogP contribution in [0.1, 0.15) is 53.9 Å². The predicted molar refractivity (Wildman–Crippen MR) is 93.9 cm³/mol. The Morgan fingerprint density at radius 2 is 1.87 bits per heavy atom. The van der Waals surface area contributed by atoms with E-state index in [2.05, 4.69) is 13.8 Å². The lowest BCUT2D eigenvalue weighted by Gasteiger charge is -2.44. The Hall–Kier alpha value is -0.883. The zero-order valence-corrected chi connectivity index (χ0v) is 16.7. The fourth-order valence-corrected chi connectivity index (χ4v) is 3.71. The maximum Gasteiger partial charge on any atom is 0.410 e. The summed E-state index contributed by atoms with van der Waals surface area (Å²) in [5.74, 6) is 0.0719. The molecule has 1 amide bonds. The molecule has 0 radical (unpaired) electrons. The summed E-state index contributed by atoms with van der Waals surface area (Å²) >= 11 is 0. The van der Waals surface area contributed by atoms with Crippen LogP contribution in [0.5, 0.6) is 0 Å². The number of ether oxygens (including phenoxy) is 1. The first-order valence-corrected chi connectivity index (χ1v) is 11.4. The average Bonchev–Trinajstić information content (AvgIpc) is 2.34. The van der Waals surface area contributed by atoms with Crippen molar-refractivity contribution in [3.63, 3.8) is 0 Å². The Morgan fingerprint density at radius 1 is 1.30 bits per heavy atom. The van der Waals surface area contributed by atoms with Crippen LogP contribution in [-0.4, -0.2) is 48.6 Å². The summed E-state index contributed by atoms with van der Waals surface area (Å²) in [5.41, 5.74) is -0.573. The lowest BCUT2D eigenvalue weighted by molar-refractivity contribution is -0.115. The quantitative estimate of drug-likeness (QED) is 0.626. The molecule has 134 valence electrons. The highest BCUT2D eigenvalue weighted by molar-refractivity contribution is 6.72. The van der Waals surface area contributed by atoms with Gasteiger partial charge < -0.3 is 14.3 Å². The Bertz CT molecular complexity index is 437. The number of carbonyl (C=O) groups is 2. The molecule has 0 aliphatic carbocycles. The summed E-state index contributed by atoms with van der Waals surface area (Å²) in [6, 6.07) is -0.464. The zero-order chi connectivity index (χ0) is 18.1. The fourth-order valence-electron chi connectivity index (χ4n) is 2.94. The monoisotopic (exact) mass is 343 g/mol. The maximum atomic E-state index is 12.4. The summed E-state index contributed by atoms with van der Waals surface area (Å²) in [5, 5.41) is -0.212. The average molecular weight is 344 g/mol. The lowest BCUT2D eigenvalue weighted by Crippen LogP contribution is -2.52. The number of hydrogen-bond donors (Lipinski definition) is 1. The lowest BCUT2D eigenvalue weighted by atomic mass is 9.83. The van der Waals surface area contributed by atoms with Crippen molar-refractivity contribution in [1.82, 2.24) is 4.90 Å². The first-order chi connectivity index (χ1) is 10.3. The molecule has 1 heterocycles. The minimum Gasteiger partial charge on any atom is -0.444 e. The molecular weight excluding hydrogens is 310 g/mol. The van der Waals surface area contributed by atoms with Crippen LogP contribution in [0.25, 0.3) is 0 Å². The van der Waals surface area contributed by atoms with Crippen molar-refractivity contribution in [2.45, 2.75) is 83.7 Å². The first kappa shape index (κ1) is 20.2. The van der Waals surface area contributed by atoms with Gasteiger partial charge in [-0.3, -0.25) is 4.90 Å². The molecule has 1 saturated heterocycles. The molecule has 1 fully saturated rings. The predicted octanol–water partition coefficient (Wildman–Crippen LogP) is 3.57. The van der Waals surface area contributed by atoms with E-state index in [9.17, 15) is 14.4 Å². The van der Waals surface area contributed by atoms with Gasteiger partial charge in [0.05, 0.1) is 6.04 Å². The minimum atomic E-state index is -2.35. The summed E-state index contributed by atoms with van der Waals surface area (Å²) in [7, 11) is -2.35. The van der Waals surface area contributed by atoms with Crippen molar-refractivity contribution < 1.29 is 19.1 Å². The van der Waals surface area contributed by atoms with Gasteiger partial charge in [-0.1, -0.05) is 13.8 Å². The number of amides is 1. The number of hydrogen-bond acceptors (Lipinski definition) is 4. The van der Waals surface area contributed by atoms with Gasteiger partial charge >= 0.3 is 6.09 Å². The van der Waals surface area contributed by atoms with E-state index in [1.54, 1.807) is 4.90 Å². The Balaban J connectivity index is 2.91. The molecule has 1 N–H and O–H groups in total. The van der Waals surface area contributed by atoms with Crippen LogP contribution in [0.4, 0.5) is 4.79 Å². The van der Waals surface area contributed by atoms with Crippen molar-refractivity contribution in [2.75, 3.05) is 6.54 Å². The number of aldehydes is 1. The molecule has 23 heavy (non-hydrogen) atoms. The van der Waals surface area contributed by atoms with Crippen molar-refractivity contribution in [3.8, 4) is 0 Å². The van der Waals surface area contributed by atoms with Gasteiger partial charge in [0.1, 0.15) is 11.9 Å². The van der Waals surface area contributed by atoms with Crippen LogP contribution >= 0.6 is 0 Å². The molecular formula is C17H33NO4Si. The van der Waals surface area contributed by atoms with E-state index in [0.717, 1.165) is 25.5 Å². The fraction of sp³-hybridized carbons (Fsp3) is 0.882. The van der Waals surface area contributed by atoms with E-state index < -0.39 is 26.1 Å². The van der Waals surface area contributed by atoms with Crippen molar-refractivity contribution >= 4 is 20.7 Å². The Morgan fingerprint density at radius 3 is 2.30 bits per heavy atom. The molecule has 1 rings (SSSR count). The van der Waals surface area contributed by atoms with E-state index in [4.69, 9.17) is 4.74 Å². The number of nitrogens with zero attached hydrogens (tertiary/aromatic N) is 1. The second-order valence-corrected chi connectivity index (χ2v) is 13.3. The Kier molecular flexibility index (Phi) is 6.07. The van der Waals surface area contributed by atoms with Crippen LogP contribution in [0.15, 0.2) is 0 Å². The molecule has 5 nitrogen and oxygen atoms in total. The van der Waals surface area contributed by atoms with E-state index >= 15 is 0 Å². The van der Waals surface area contributed by atoms with E-state index in [1.807, 2.05) is 33.9 Å². The number of rotatable bonds is 4. The number of piperidine rings is 1. The van der Waals surface area contributed by atoms with Gasteiger partial charge in [0.2, 0.25) is 0 Å². The van der Waals surface area contributed by atoms with Crippen LogP contribution in [0.2, 0.25) is 18.1 Å². The summed E-state index contributed by atoms with van der Waals surface area (Å²) in [6.07, 6.45) is 2.95. The normalized spacial score (nSPS) is 23.6. The second kappa shape index (κ2) is 6.93. The summed E-state index contributed by atoms with van der Waals surface area (Å²) in [6.45, 7) is 14.0. The van der Waals surface area contributed by atoms with Gasteiger partial charge in [0.15, 0.2) is 8.32 Å². The molecule has 0 aromatic carbocycles. The highest BCUT2D eigenvalue weighted by Crippen LogP contribution is 2.44. The van der Waals surface area contributed by atoms with Gasteiger partial charge in [-0.25, -0.2) is 4.79 Å². The molecule has 0 bridgehead atoms. The SMILES string of the molecule is CC(C)(C)OC(=O)N1CCCC(CC(C)(C)[Si](C)(C)O)C1C=O. The standard InChI is InChI=1S/C17H33NO4Si/c1-16(2,3)22-15(20)18-10-8-9-13(14(18)12-19)11-17(4,5)23(6,7)21/h12-14,21H,8-11H2,1-7H3. The molecule has 2 unspecified atom stereocenters. The van der Waals surface area contributed by atoms with Gasteiger partial charge in [-0.05, 0) is 64.1 Å². The third-order valence-corrected chi connectivity index (χ3v) is 8.53. The van der Waals surface area contributed by atoms with E-state index in [1.165, 1.54) is 0 Å². The van der Waals surface area contributed by atoms with E-state index in [-0.39, 0.29) is 11.0 Å². The molecule has 1 aliphatic heterocycles. The van der Waals surface area contributed by atoms with Gasteiger partial charge in [-0.2, -0.15) is 0 Å².